The van der Waals surface area contributed by atoms with Crippen molar-refractivity contribution in [3.05, 3.63) is 23.8 Å². The lowest BCUT2D eigenvalue weighted by Gasteiger charge is -2.26. The second-order valence-corrected chi connectivity index (χ2v) is 3.78. The number of aromatic nitrogens is 1. The van der Waals surface area contributed by atoms with E-state index in [9.17, 15) is 14.0 Å². The van der Waals surface area contributed by atoms with E-state index >= 15 is 0 Å². The Morgan fingerprint density at radius 1 is 1.53 bits per heavy atom. The number of amides is 3. The standard InChI is InChI=1S/C10H9ClFN3O2/c11-4-6-3-7(12)8(5-13-6)15-2-1-9(16)14-10(15)17/h3,5H,1-2,4H2,(H,14,16,17). The Bertz CT molecular complexity index is 481. The average molecular weight is 258 g/mol. The number of carbonyl (C=O) groups excluding carboxylic acids is 2. The monoisotopic (exact) mass is 257 g/mol. The number of hydrogen-bond donors (Lipinski definition) is 1. The molecule has 7 heteroatoms. The molecule has 1 N–H and O–H groups in total. The molecule has 0 aliphatic carbocycles. The minimum absolute atomic E-state index is 0.0452. The van der Waals surface area contributed by atoms with Crippen molar-refractivity contribution < 1.29 is 14.0 Å². The van der Waals surface area contributed by atoms with E-state index in [2.05, 4.69) is 10.3 Å². The zero-order valence-electron chi connectivity index (χ0n) is 8.74. The summed E-state index contributed by atoms with van der Waals surface area (Å²) in [4.78, 5) is 27.5. The van der Waals surface area contributed by atoms with E-state index in [1.807, 2.05) is 0 Å². The number of halogens is 2. The molecule has 2 rings (SSSR count). The molecule has 0 radical (unpaired) electrons. The molecule has 0 spiro atoms. The van der Waals surface area contributed by atoms with E-state index < -0.39 is 11.8 Å². The van der Waals surface area contributed by atoms with Crippen LogP contribution in [0.2, 0.25) is 0 Å². The molecular formula is C10H9ClFN3O2. The summed E-state index contributed by atoms with van der Waals surface area (Å²) in [5.41, 5.74) is 0.435. The molecule has 1 aromatic rings. The van der Waals surface area contributed by atoms with Crippen LogP contribution in [0.3, 0.4) is 0 Å². The Kier molecular flexibility index (Phi) is 3.23. The number of nitrogens with one attached hydrogen (secondary N) is 1. The van der Waals surface area contributed by atoms with Crippen molar-refractivity contribution in [3.63, 3.8) is 0 Å². The van der Waals surface area contributed by atoms with Crippen LogP contribution in [-0.4, -0.2) is 23.5 Å². The van der Waals surface area contributed by atoms with Crippen LogP contribution in [0.15, 0.2) is 12.3 Å². The molecule has 1 aromatic heterocycles. The number of alkyl halides is 1. The lowest BCUT2D eigenvalue weighted by Crippen LogP contribution is -2.49. The Hall–Kier alpha value is -1.69. The normalized spacial score (nSPS) is 16.0. The molecule has 17 heavy (non-hydrogen) atoms. The fourth-order valence-electron chi connectivity index (χ4n) is 1.53. The second kappa shape index (κ2) is 4.67. The number of imide groups is 1. The summed E-state index contributed by atoms with van der Waals surface area (Å²) >= 11 is 5.52. The molecule has 0 saturated carbocycles. The van der Waals surface area contributed by atoms with E-state index in [0.717, 1.165) is 4.90 Å². The van der Waals surface area contributed by atoms with Gasteiger partial charge in [-0.1, -0.05) is 0 Å². The van der Waals surface area contributed by atoms with Crippen LogP contribution in [0.1, 0.15) is 12.1 Å². The van der Waals surface area contributed by atoms with Gasteiger partial charge in [0.25, 0.3) is 0 Å². The van der Waals surface area contributed by atoms with Crippen molar-refractivity contribution in [1.29, 1.82) is 0 Å². The first-order valence-corrected chi connectivity index (χ1v) is 5.47. The summed E-state index contributed by atoms with van der Waals surface area (Å²) in [6.07, 6.45) is 1.38. The summed E-state index contributed by atoms with van der Waals surface area (Å²) < 4.78 is 13.7. The fourth-order valence-corrected chi connectivity index (χ4v) is 1.68. The first kappa shape index (κ1) is 11.8. The Labute approximate surface area is 102 Å². The van der Waals surface area contributed by atoms with Crippen LogP contribution in [0.25, 0.3) is 0 Å². The van der Waals surface area contributed by atoms with E-state index in [4.69, 9.17) is 11.6 Å². The molecule has 2 heterocycles. The molecule has 0 bridgehead atoms. The van der Waals surface area contributed by atoms with Gasteiger partial charge in [0.2, 0.25) is 5.91 Å². The van der Waals surface area contributed by atoms with Gasteiger partial charge in [0.15, 0.2) is 0 Å². The van der Waals surface area contributed by atoms with Crippen molar-refractivity contribution in [2.24, 2.45) is 0 Å². The van der Waals surface area contributed by atoms with Crippen molar-refractivity contribution in [1.82, 2.24) is 10.3 Å². The molecule has 0 unspecified atom stereocenters. The van der Waals surface area contributed by atoms with Crippen molar-refractivity contribution >= 4 is 29.2 Å². The molecular weight excluding hydrogens is 249 g/mol. The maximum Gasteiger partial charge on any atom is 0.328 e. The molecule has 90 valence electrons. The summed E-state index contributed by atoms with van der Waals surface area (Å²) in [5.74, 6) is -0.848. The average Bonchev–Trinajstić information content (AvgIpc) is 2.30. The highest BCUT2D eigenvalue weighted by Gasteiger charge is 2.26. The summed E-state index contributed by atoms with van der Waals surface area (Å²) in [6, 6.07) is 0.534. The number of carbonyl (C=O) groups is 2. The number of urea groups is 1. The van der Waals surface area contributed by atoms with Crippen LogP contribution in [0.5, 0.6) is 0 Å². The van der Waals surface area contributed by atoms with Gasteiger partial charge in [-0.15, -0.1) is 11.6 Å². The van der Waals surface area contributed by atoms with Crippen LogP contribution in [-0.2, 0) is 10.7 Å². The summed E-state index contributed by atoms with van der Waals surface area (Å²) in [5, 5.41) is 2.11. The van der Waals surface area contributed by atoms with Gasteiger partial charge in [-0.25, -0.2) is 9.18 Å². The van der Waals surface area contributed by atoms with Crippen LogP contribution in [0.4, 0.5) is 14.9 Å². The highest BCUT2D eigenvalue weighted by atomic mass is 35.5. The van der Waals surface area contributed by atoms with Gasteiger partial charge < -0.3 is 0 Å². The number of hydrogen-bond acceptors (Lipinski definition) is 3. The highest BCUT2D eigenvalue weighted by Crippen LogP contribution is 2.21. The van der Waals surface area contributed by atoms with Crippen LogP contribution >= 0.6 is 11.6 Å². The maximum absolute atomic E-state index is 13.7. The largest absolute Gasteiger partial charge is 0.328 e. The van der Waals surface area contributed by atoms with Gasteiger partial charge in [-0.05, 0) is 6.07 Å². The Morgan fingerprint density at radius 3 is 2.88 bits per heavy atom. The van der Waals surface area contributed by atoms with Crippen LogP contribution < -0.4 is 10.2 Å². The molecule has 1 fully saturated rings. The molecule has 0 atom stereocenters. The zero-order valence-corrected chi connectivity index (χ0v) is 9.50. The molecule has 1 saturated heterocycles. The van der Waals surface area contributed by atoms with Crippen molar-refractivity contribution in [2.75, 3.05) is 11.4 Å². The topological polar surface area (TPSA) is 62.3 Å². The van der Waals surface area contributed by atoms with Gasteiger partial charge in [0.1, 0.15) is 5.82 Å². The van der Waals surface area contributed by atoms with E-state index in [1.165, 1.54) is 12.3 Å². The van der Waals surface area contributed by atoms with Gasteiger partial charge in [0, 0.05) is 13.0 Å². The smallest absolute Gasteiger partial charge is 0.289 e. The van der Waals surface area contributed by atoms with Gasteiger partial charge in [-0.2, -0.15) is 0 Å². The third-order valence-corrected chi connectivity index (χ3v) is 2.65. The summed E-state index contributed by atoms with van der Waals surface area (Å²) in [6.45, 7) is 0.142. The first-order chi connectivity index (χ1) is 8.11. The minimum atomic E-state index is -0.638. The number of pyridine rings is 1. The highest BCUT2D eigenvalue weighted by molar-refractivity contribution is 6.16. The maximum atomic E-state index is 13.7. The van der Waals surface area contributed by atoms with Gasteiger partial charge >= 0.3 is 6.03 Å². The van der Waals surface area contributed by atoms with Crippen molar-refractivity contribution in [2.45, 2.75) is 12.3 Å². The zero-order chi connectivity index (χ0) is 12.4. The number of anilines is 1. The van der Waals surface area contributed by atoms with E-state index in [-0.39, 0.29) is 30.4 Å². The Morgan fingerprint density at radius 2 is 2.29 bits per heavy atom. The summed E-state index contributed by atoms with van der Waals surface area (Å²) in [7, 11) is 0. The van der Waals surface area contributed by atoms with Gasteiger partial charge in [0.05, 0.1) is 23.5 Å². The van der Waals surface area contributed by atoms with Gasteiger partial charge in [-0.3, -0.25) is 20.0 Å². The third kappa shape index (κ3) is 2.36. The second-order valence-electron chi connectivity index (χ2n) is 3.52. The predicted molar refractivity (Wildman–Crippen MR) is 59.3 cm³/mol. The number of nitrogens with zero attached hydrogens (tertiary/aromatic N) is 2. The molecule has 1 aliphatic heterocycles. The third-order valence-electron chi connectivity index (χ3n) is 2.37. The number of rotatable bonds is 2. The van der Waals surface area contributed by atoms with Crippen molar-refractivity contribution in [3.8, 4) is 0 Å². The molecule has 3 amide bonds. The van der Waals surface area contributed by atoms with E-state index in [0.29, 0.717) is 5.69 Å². The Balaban J connectivity index is 2.28. The first-order valence-electron chi connectivity index (χ1n) is 4.93. The SMILES string of the molecule is O=C1CCN(c2cnc(CCl)cc2F)C(=O)N1. The molecule has 5 nitrogen and oxygen atoms in total. The molecule has 0 aromatic carbocycles. The predicted octanol–water partition coefficient (Wildman–Crippen LogP) is 1.41. The minimum Gasteiger partial charge on any atom is -0.289 e. The van der Waals surface area contributed by atoms with Crippen LogP contribution in [0, 0.1) is 5.82 Å². The molecule has 1 aliphatic rings. The lowest BCUT2D eigenvalue weighted by atomic mass is 10.2. The van der Waals surface area contributed by atoms with E-state index in [1.54, 1.807) is 0 Å². The lowest BCUT2D eigenvalue weighted by molar-refractivity contribution is -0.120. The fraction of sp³-hybridized carbons (Fsp3) is 0.300. The quantitative estimate of drug-likeness (QED) is 0.815.